The Balaban J connectivity index is 0.000000255. The first-order chi connectivity index (χ1) is 6.70. The summed E-state index contributed by atoms with van der Waals surface area (Å²) in [6.45, 7) is 1.84. The fourth-order valence-corrected chi connectivity index (χ4v) is 0.727. The summed E-state index contributed by atoms with van der Waals surface area (Å²) in [7, 11) is 0. The minimum atomic E-state index is -0.711. The molecule has 0 heterocycles. The van der Waals surface area contributed by atoms with E-state index in [2.05, 4.69) is 0 Å². The summed E-state index contributed by atoms with van der Waals surface area (Å²) in [5.74, 6) is -0.711. The van der Waals surface area contributed by atoms with Gasteiger partial charge in [-0.3, -0.25) is 4.79 Å². The van der Waals surface area contributed by atoms with Crippen LogP contribution in [-0.4, -0.2) is 11.1 Å². The van der Waals surface area contributed by atoms with Gasteiger partial charge in [-0.1, -0.05) is 25.1 Å². The zero-order valence-electron chi connectivity index (χ0n) is 8.10. The lowest BCUT2D eigenvalue weighted by atomic mass is 10.2. The van der Waals surface area contributed by atoms with Crippen LogP contribution in [0, 0.1) is 11.3 Å². The molecule has 0 atom stereocenters. The molecule has 1 rings (SSSR count). The van der Waals surface area contributed by atoms with Gasteiger partial charge in [-0.25, -0.2) is 0 Å². The number of benzene rings is 1. The standard InChI is InChI=1S/C7H5N.C4H8O2/c8-6-7-4-2-1-3-5-7;1-2-3-4(5)6/h1-5H;2-3H2,1H3,(H,5,6). The van der Waals surface area contributed by atoms with E-state index >= 15 is 0 Å². The fraction of sp³-hybridized carbons (Fsp3) is 0.273. The molecule has 1 aromatic rings. The first-order valence-electron chi connectivity index (χ1n) is 4.37. The molecule has 0 fully saturated rings. The molecular formula is C11H13NO2. The SMILES string of the molecule is CCCC(=O)O.N#Cc1ccccc1. The van der Waals surface area contributed by atoms with Crippen LogP contribution >= 0.6 is 0 Å². The Morgan fingerprint density at radius 2 is 2.00 bits per heavy atom. The molecule has 0 saturated carbocycles. The van der Waals surface area contributed by atoms with Crippen LogP contribution < -0.4 is 0 Å². The van der Waals surface area contributed by atoms with Crippen LogP contribution in [0.15, 0.2) is 30.3 Å². The van der Waals surface area contributed by atoms with Crippen molar-refractivity contribution in [3.05, 3.63) is 35.9 Å². The van der Waals surface area contributed by atoms with Crippen LogP contribution in [0.5, 0.6) is 0 Å². The molecule has 0 saturated heterocycles. The summed E-state index contributed by atoms with van der Waals surface area (Å²) in [4.78, 5) is 9.60. The molecule has 1 aromatic carbocycles. The van der Waals surface area contributed by atoms with Gasteiger partial charge in [0.25, 0.3) is 0 Å². The molecule has 0 aromatic heterocycles. The topological polar surface area (TPSA) is 61.1 Å². The zero-order chi connectivity index (χ0) is 10.8. The molecule has 1 N–H and O–H groups in total. The summed E-state index contributed by atoms with van der Waals surface area (Å²) in [6.07, 6.45) is 1.02. The molecule has 14 heavy (non-hydrogen) atoms. The van der Waals surface area contributed by atoms with Crippen molar-refractivity contribution in [2.75, 3.05) is 0 Å². The van der Waals surface area contributed by atoms with Crippen LogP contribution in [0.3, 0.4) is 0 Å². The Morgan fingerprint density at radius 1 is 1.43 bits per heavy atom. The van der Waals surface area contributed by atoms with Crippen LogP contribution in [0.25, 0.3) is 0 Å². The highest BCUT2D eigenvalue weighted by molar-refractivity contribution is 5.66. The maximum Gasteiger partial charge on any atom is 0.303 e. The molecule has 0 radical (unpaired) electrons. The number of carbonyl (C=O) groups is 1. The van der Waals surface area contributed by atoms with E-state index in [1.54, 1.807) is 12.1 Å². The van der Waals surface area contributed by atoms with E-state index in [4.69, 9.17) is 10.4 Å². The van der Waals surface area contributed by atoms with Crippen molar-refractivity contribution in [2.45, 2.75) is 19.8 Å². The smallest absolute Gasteiger partial charge is 0.303 e. The van der Waals surface area contributed by atoms with Crippen LogP contribution in [0.1, 0.15) is 25.3 Å². The van der Waals surface area contributed by atoms with Crippen molar-refractivity contribution in [1.82, 2.24) is 0 Å². The molecule has 0 aliphatic rings. The summed E-state index contributed by atoms with van der Waals surface area (Å²) in [5.41, 5.74) is 0.715. The molecular weight excluding hydrogens is 178 g/mol. The molecule has 0 amide bonds. The van der Waals surface area contributed by atoms with E-state index in [1.165, 1.54) is 0 Å². The number of carboxylic acid groups (broad SMARTS) is 1. The fourth-order valence-electron chi connectivity index (χ4n) is 0.727. The lowest BCUT2D eigenvalue weighted by molar-refractivity contribution is -0.137. The maximum atomic E-state index is 9.60. The highest BCUT2D eigenvalue weighted by atomic mass is 16.4. The van der Waals surface area contributed by atoms with E-state index in [1.807, 2.05) is 31.2 Å². The van der Waals surface area contributed by atoms with Gasteiger partial charge in [0, 0.05) is 6.42 Å². The van der Waals surface area contributed by atoms with Gasteiger partial charge in [0.05, 0.1) is 11.6 Å². The second kappa shape index (κ2) is 7.81. The molecule has 0 aliphatic heterocycles. The zero-order valence-corrected chi connectivity index (χ0v) is 8.10. The summed E-state index contributed by atoms with van der Waals surface area (Å²) in [6, 6.07) is 11.2. The Bertz CT molecular complexity index is 301. The third-order valence-electron chi connectivity index (χ3n) is 1.37. The number of hydrogen-bond acceptors (Lipinski definition) is 2. The Hall–Kier alpha value is -1.82. The molecule has 74 valence electrons. The highest BCUT2D eigenvalue weighted by Gasteiger charge is 1.87. The monoisotopic (exact) mass is 191 g/mol. The highest BCUT2D eigenvalue weighted by Crippen LogP contribution is 1.93. The predicted octanol–water partition coefficient (Wildman–Crippen LogP) is 2.43. The molecule has 3 heteroatoms. The van der Waals surface area contributed by atoms with Gasteiger partial charge < -0.3 is 5.11 Å². The number of carboxylic acids is 1. The van der Waals surface area contributed by atoms with Crippen LogP contribution in [0.4, 0.5) is 0 Å². The molecule has 3 nitrogen and oxygen atoms in total. The summed E-state index contributed by atoms with van der Waals surface area (Å²) >= 11 is 0. The van der Waals surface area contributed by atoms with E-state index in [0.29, 0.717) is 12.0 Å². The average Bonchev–Trinajstić information content (AvgIpc) is 2.20. The number of aliphatic carboxylic acids is 1. The second-order valence-electron chi connectivity index (χ2n) is 2.62. The van der Waals surface area contributed by atoms with Gasteiger partial charge in [-0.05, 0) is 18.6 Å². The molecule has 0 unspecified atom stereocenters. The van der Waals surface area contributed by atoms with Crippen LogP contribution in [-0.2, 0) is 4.79 Å². The first-order valence-corrected chi connectivity index (χ1v) is 4.37. The van der Waals surface area contributed by atoms with Crippen molar-refractivity contribution in [3.8, 4) is 6.07 Å². The number of nitrogens with zero attached hydrogens (tertiary/aromatic N) is 1. The van der Waals surface area contributed by atoms with E-state index < -0.39 is 5.97 Å². The minimum absolute atomic E-state index is 0.292. The van der Waals surface area contributed by atoms with Gasteiger partial charge in [-0.2, -0.15) is 5.26 Å². The molecule has 0 bridgehead atoms. The van der Waals surface area contributed by atoms with E-state index in [-0.39, 0.29) is 0 Å². The van der Waals surface area contributed by atoms with Crippen molar-refractivity contribution >= 4 is 5.97 Å². The lowest BCUT2D eigenvalue weighted by Gasteiger charge is -1.80. The number of hydrogen-bond donors (Lipinski definition) is 1. The maximum absolute atomic E-state index is 9.60. The molecule has 0 spiro atoms. The van der Waals surface area contributed by atoms with Gasteiger partial charge in [0.2, 0.25) is 0 Å². The lowest BCUT2D eigenvalue weighted by Crippen LogP contribution is -1.90. The summed E-state index contributed by atoms with van der Waals surface area (Å²) in [5, 5.41) is 16.2. The van der Waals surface area contributed by atoms with Crippen molar-refractivity contribution < 1.29 is 9.90 Å². The predicted molar refractivity (Wildman–Crippen MR) is 53.7 cm³/mol. The van der Waals surface area contributed by atoms with E-state index in [9.17, 15) is 4.79 Å². The van der Waals surface area contributed by atoms with Crippen molar-refractivity contribution in [1.29, 1.82) is 5.26 Å². The Morgan fingerprint density at radius 3 is 2.21 bits per heavy atom. The third kappa shape index (κ3) is 6.86. The first kappa shape index (κ1) is 12.2. The number of nitriles is 1. The van der Waals surface area contributed by atoms with Gasteiger partial charge >= 0.3 is 5.97 Å². The Labute approximate surface area is 83.6 Å². The number of rotatable bonds is 2. The van der Waals surface area contributed by atoms with Gasteiger partial charge in [0.1, 0.15) is 0 Å². The normalized spacial score (nSPS) is 8.00. The second-order valence-corrected chi connectivity index (χ2v) is 2.62. The van der Waals surface area contributed by atoms with Gasteiger partial charge in [0.15, 0.2) is 0 Å². The quantitative estimate of drug-likeness (QED) is 0.780. The van der Waals surface area contributed by atoms with E-state index in [0.717, 1.165) is 6.42 Å². The van der Waals surface area contributed by atoms with Crippen molar-refractivity contribution in [3.63, 3.8) is 0 Å². The minimum Gasteiger partial charge on any atom is -0.481 e. The van der Waals surface area contributed by atoms with Crippen LogP contribution in [0.2, 0.25) is 0 Å². The molecule has 0 aliphatic carbocycles. The third-order valence-corrected chi connectivity index (χ3v) is 1.37. The average molecular weight is 191 g/mol. The van der Waals surface area contributed by atoms with Crippen molar-refractivity contribution in [2.24, 2.45) is 0 Å². The largest absolute Gasteiger partial charge is 0.481 e. The van der Waals surface area contributed by atoms with Gasteiger partial charge in [-0.15, -0.1) is 0 Å². The Kier molecular flexibility index (Phi) is 6.79. The summed E-state index contributed by atoms with van der Waals surface area (Å²) < 4.78 is 0.